The molecule has 0 saturated heterocycles. The molecule has 0 atom stereocenters. The first kappa shape index (κ1) is 32.0. The number of benzene rings is 2. The summed E-state index contributed by atoms with van der Waals surface area (Å²) in [5, 5.41) is 17.1. The molecule has 2 rings (SSSR count). The van der Waals surface area contributed by atoms with Crippen molar-refractivity contribution in [1.82, 2.24) is 0 Å². The molecule has 118 valence electrons. The van der Waals surface area contributed by atoms with E-state index in [9.17, 15) is 0 Å². The van der Waals surface area contributed by atoms with E-state index in [1.54, 1.807) is 0 Å². The standard InChI is InChI=1S/2C7H8O.2H2N.2H2O.Ti/c2*8-6-7-4-2-1-3-5-7;;;;;/h2*1-5,8H,6H2;4*1H2;/q;;2*-1;;;+2. The Morgan fingerprint density at radius 2 is 0.810 bits per heavy atom. The van der Waals surface area contributed by atoms with Crippen molar-refractivity contribution in [3.63, 3.8) is 0 Å². The number of hydrogen-bond donors (Lipinski definition) is 2. The van der Waals surface area contributed by atoms with Crippen molar-refractivity contribution in [3.05, 3.63) is 84.1 Å². The molecule has 0 unspecified atom stereocenters. The zero-order chi connectivity index (χ0) is 11.6. The van der Waals surface area contributed by atoms with Gasteiger partial charge in [0.05, 0.1) is 13.2 Å². The topological polar surface area (TPSA) is 170 Å². The Hall–Kier alpha value is -1.09. The third-order valence-electron chi connectivity index (χ3n) is 2.05. The van der Waals surface area contributed by atoms with Crippen LogP contribution in [0.3, 0.4) is 0 Å². The quantitative estimate of drug-likeness (QED) is 0.803. The van der Waals surface area contributed by atoms with Crippen molar-refractivity contribution in [2.45, 2.75) is 13.2 Å². The Labute approximate surface area is 140 Å². The SMILES string of the molecule is O.O.OCc1ccccc1.OCc1ccccc1.[NH2-].[NH2-].[Ti+2]. The van der Waals surface area contributed by atoms with Gasteiger partial charge in [-0.2, -0.15) is 0 Å². The van der Waals surface area contributed by atoms with Gasteiger partial charge >= 0.3 is 21.7 Å². The van der Waals surface area contributed by atoms with Crippen LogP contribution in [0.25, 0.3) is 12.3 Å². The molecule has 0 fully saturated rings. The van der Waals surface area contributed by atoms with Crippen LogP contribution >= 0.6 is 0 Å². The maximum Gasteiger partial charge on any atom is 2.00 e. The zero-order valence-electron chi connectivity index (χ0n) is 11.7. The van der Waals surface area contributed by atoms with Crippen LogP contribution in [-0.2, 0) is 34.9 Å². The van der Waals surface area contributed by atoms with E-state index in [0.29, 0.717) is 0 Å². The van der Waals surface area contributed by atoms with Gasteiger partial charge in [-0.1, -0.05) is 60.7 Å². The van der Waals surface area contributed by atoms with Crippen LogP contribution in [-0.4, -0.2) is 21.2 Å². The summed E-state index contributed by atoms with van der Waals surface area (Å²) in [5.41, 5.74) is 1.93. The van der Waals surface area contributed by atoms with Crippen LogP contribution in [0.5, 0.6) is 0 Å². The van der Waals surface area contributed by atoms with E-state index in [1.807, 2.05) is 60.7 Å². The van der Waals surface area contributed by atoms with Crippen molar-refractivity contribution in [1.29, 1.82) is 0 Å². The van der Waals surface area contributed by atoms with E-state index in [2.05, 4.69) is 0 Å². The van der Waals surface area contributed by atoms with E-state index >= 15 is 0 Å². The summed E-state index contributed by atoms with van der Waals surface area (Å²) in [6.07, 6.45) is 0. The molecule has 0 aromatic heterocycles. The zero-order valence-corrected chi connectivity index (χ0v) is 13.3. The van der Waals surface area contributed by atoms with Crippen molar-refractivity contribution >= 4 is 0 Å². The van der Waals surface area contributed by atoms with Crippen molar-refractivity contribution in [2.75, 3.05) is 0 Å². The molecule has 21 heavy (non-hydrogen) atoms. The molecule has 7 heteroatoms. The van der Waals surface area contributed by atoms with Crippen LogP contribution < -0.4 is 0 Å². The second-order valence-corrected chi connectivity index (χ2v) is 3.29. The van der Waals surface area contributed by atoms with Gasteiger partial charge in [0, 0.05) is 0 Å². The third kappa shape index (κ3) is 15.1. The monoisotopic (exact) mass is 332 g/mol. The van der Waals surface area contributed by atoms with Crippen LogP contribution in [0.2, 0.25) is 0 Å². The molecule has 6 nitrogen and oxygen atoms in total. The molecule has 0 bridgehead atoms. The first-order chi connectivity index (χ1) is 7.86. The van der Waals surface area contributed by atoms with Gasteiger partial charge in [-0.05, 0) is 11.1 Å². The third-order valence-corrected chi connectivity index (χ3v) is 2.05. The molecule has 0 aliphatic carbocycles. The van der Waals surface area contributed by atoms with Crippen molar-refractivity contribution in [3.8, 4) is 0 Å². The number of aliphatic hydroxyl groups excluding tert-OH is 2. The Bertz CT molecular complexity index is 351. The minimum Gasteiger partial charge on any atom is -0.693 e. The summed E-state index contributed by atoms with van der Waals surface area (Å²) >= 11 is 0. The Kier molecular flexibility index (Phi) is 32.4. The van der Waals surface area contributed by atoms with Crippen molar-refractivity contribution in [2.24, 2.45) is 0 Å². The fourth-order valence-electron chi connectivity index (χ4n) is 1.17. The van der Waals surface area contributed by atoms with Gasteiger partial charge in [0.25, 0.3) is 0 Å². The van der Waals surface area contributed by atoms with E-state index in [1.165, 1.54) is 0 Å². The average molecular weight is 332 g/mol. The van der Waals surface area contributed by atoms with Crippen molar-refractivity contribution < 1.29 is 42.9 Å². The molecule has 0 aliphatic rings. The number of nitrogens with two attached hydrogens (primary N) is 2. The van der Waals surface area contributed by atoms with E-state index < -0.39 is 0 Å². The summed E-state index contributed by atoms with van der Waals surface area (Å²) in [6, 6.07) is 19.0. The van der Waals surface area contributed by atoms with Gasteiger partial charge in [0.15, 0.2) is 0 Å². The predicted molar refractivity (Wildman–Crippen MR) is 82.5 cm³/mol. The Morgan fingerprint density at radius 1 is 0.571 bits per heavy atom. The van der Waals surface area contributed by atoms with Gasteiger partial charge in [-0.15, -0.1) is 0 Å². The molecular formula is C14H24N2O4Ti. The average Bonchev–Trinajstić information content (AvgIpc) is 2.41. The number of hydrogen-bond acceptors (Lipinski definition) is 2. The van der Waals surface area contributed by atoms with Gasteiger partial charge in [0.2, 0.25) is 0 Å². The second-order valence-electron chi connectivity index (χ2n) is 3.29. The van der Waals surface area contributed by atoms with Gasteiger partial charge < -0.3 is 33.5 Å². The molecule has 0 amide bonds. The molecule has 2 aromatic carbocycles. The Balaban J connectivity index is -0.0000000656. The van der Waals surface area contributed by atoms with Crippen LogP contribution in [0.4, 0.5) is 0 Å². The number of aliphatic hydroxyl groups is 2. The molecule has 10 N–H and O–H groups in total. The summed E-state index contributed by atoms with van der Waals surface area (Å²) < 4.78 is 0. The molecule has 0 spiro atoms. The maximum atomic E-state index is 8.54. The molecule has 2 aromatic rings. The van der Waals surface area contributed by atoms with Crippen LogP contribution in [0.15, 0.2) is 60.7 Å². The maximum absolute atomic E-state index is 8.54. The Morgan fingerprint density at radius 3 is 0.952 bits per heavy atom. The second kappa shape index (κ2) is 21.2. The smallest absolute Gasteiger partial charge is 0.693 e. The molecule has 0 radical (unpaired) electrons. The first-order valence-corrected chi connectivity index (χ1v) is 5.16. The minimum atomic E-state index is 0. The van der Waals surface area contributed by atoms with Gasteiger partial charge in [-0.25, -0.2) is 0 Å². The van der Waals surface area contributed by atoms with E-state index in [4.69, 9.17) is 10.2 Å². The number of rotatable bonds is 2. The normalized spacial score (nSPS) is 6.95. The first-order valence-electron chi connectivity index (χ1n) is 5.16. The minimum absolute atomic E-state index is 0. The van der Waals surface area contributed by atoms with Gasteiger partial charge in [-0.3, -0.25) is 0 Å². The fourth-order valence-corrected chi connectivity index (χ4v) is 1.17. The summed E-state index contributed by atoms with van der Waals surface area (Å²) in [6.45, 7) is 0.279. The van der Waals surface area contributed by atoms with Crippen LogP contribution in [0, 0.1) is 0 Å². The fraction of sp³-hybridized carbons (Fsp3) is 0.143. The molecule has 0 aliphatic heterocycles. The van der Waals surface area contributed by atoms with E-state index in [-0.39, 0.29) is 58.2 Å². The summed E-state index contributed by atoms with van der Waals surface area (Å²) in [7, 11) is 0. The molecule has 0 heterocycles. The molecule has 0 saturated carbocycles. The largest absolute Gasteiger partial charge is 2.00 e. The summed E-state index contributed by atoms with van der Waals surface area (Å²) in [5.74, 6) is 0. The summed E-state index contributed by atoms with van der Waals surface area (Å²) in [4.78, 5) is 0. The van der Waals surface area contributed by atoms with Gasteiger partial charge in [0.1, 0.15) is 0 Å². The van der Waals surface area contributed by atoms with E-state index in [0.717, 1.165) is 11.1 Å². The predicted octanol–water partition coefficient (Wildman–Crippen LogP) is 2.14. The van der Waals surface area contributed by atoms with Crippen LogP contribution in [0.1, 0.15) is 11.1 Å². The molecular weight excluding hydrogens is 308 g/mol.